The molecule has 0 aliphatic carbocycles. The van der Waals surface area contributed by atoms with Crippen molar-refractivity contribution in [1.82, 2.24) is 5.32 Å². The first-order valence-electron chi connectivity index (χ1n) is 25.6. The van der Waals surface area contributed by atoms with Crippen LogP contribution >= 0.6 is 0 Å². The molecule has 0 aromatic rings. The summed E-state index contributed by atoms with van der Waals surface area (Å²) in [5.41, 5.74) is 0. The largest absolute Gasteiger partial charge is 0.394 e. The van der Waals surface area contributed by atoms with Crippen molar-refractivity contribution in [2.45, 2.75) is 222 Å². The van der Waals surface area contributed by atoms with E-state index in [0.717, 1.165) is 6.92 Å². The number of carbonyl (C=O) groups is 1. The van der Waals surface area contributed by atoms with Gasteiger partial charge in [-0.3, -0.25) is 4.79 Å². The second-order valence-corrected chi connectivity index (χ2v) is 20.4. The third kappa shape index (κ3) is 14.2. The molecular weight excluding hydrogens is 1120 g/mol. The minimum absolute atomic E-state index is 0.779. The summed E-state index contributed by atoms with van der Waals surface area (Å²) >= 11 is 0. The maximum atomic E-state index is 12.0. The van der Waals surface area contributed by atoms with Crippen molar-refractivity contribution in [1.29, 1.82) is 0 Å². The molecule has 472 valence electrons. The average molecular weight is 1190 g/mol. The van der Waals surface area contributed by atoms with Gasteiger partial charge < -0.3 is 179 Å². The number of rotatable bonds is 20. The molecule has 35 unspecified atom stereocenters. The number of hydrogen-bond donors (Lipinski definition) is 23. The van der Waals surface area contributed by atoms with Crippen LogP contribution in [0.5, 0.6) is 0 Å². The van der Waals surface area contributed by atoms with Gasteiger partial charge >= 0.3 is 0 Å². The number of ether oxygens (including phenoxy) is 13. The van der Waals surface area contributed by atoms with Gasteiger partial charge in [0.25, 0.3) is 0 Å². The zero-order valence-electron chi connectivity index (χ0n) is 42.7. The monoisotopic (exact) mass is 1190 g/mol. The van der Waals surface area contributed by atoms with Gasteiger partial charge in [0, 0.05) is 6.92 Å². The van der Waals surface area contributed by atoms with Crippen molar-refractivity contribution in [3.05, 3.63) is 0 Å². The lowest BCUT2D eigenvalue weighted by molar-refractivity contribution is -0.395. The summed E-state index contributed by atoms with van der Waals surface area (Å²) in [4.78, 5) is 12.0. The Kier molecular flexibility index (Phi) is 23.6. The van der Waals surface area contributed by atoms with E-state index in [1.807, 2.05) is 0 Å². The van der Waals surface area contributed by atoms with Crippen molar-refractivity contribution in [3.63, 3.8) is 0 Å². The van der Waals surface area contributed by atoms with E-state index in [1.165, 1.54) is 0 Å². The van der Waals surface area contributed by atoms with E-state index >= 15 is 0 Å². The first kappa shape index (κ1) is 66.6. The van der Waals surface area contributed by atoms with Crippen LogP contribution in [-0.4, -0.2) is 379 Å². The van der Waals surface area contributed by atoms with E-state index in [0.29, 0.717) is 0 Å². The Morgan fingerprint density at radius 1 is 0.321 bits per heavy atom. The quantitative estimate of drug-likeness (QED) is 0.0538. The summed E-state index contributed by atoms with van der Waals surface area (Å²) in [6.45, 7) is -5.86. The molecule has 7 heterocycles. The zero-order chi connectivity index (χ0) is 59.6. The van der Waals surface area contributed by atoms with Crippen LogP contribution in [0.2, 0.25) is 0 Å². The van der Waals surface area contributed by atoms with Crippen LogP contribution in [0.15, 0.2) is 0 Å². The molecule has 7 rings (SSSR count). The van der Waals surface area contributed by atoms with E-state index in [1.54, 1.807) is 0 Å². The maximum absolute atomic E-state index is 12.0. The molecule has 1 amide bonds. The van der Waals surface area contributed by atoms with Gasteiger partial charge in [0.15, 0.2) is 44.0 Å². The van der Waals surface area contributed by atoms with E-state index in [4.69, 9.17) is 61.6 Å². The van der Waals surface area contributed by atoms with E-state index in [2.05, 4.69) is 5.32 Å². The molecule has 81 heavy (non-hydrogen) atoms. The normalized spacial score (nSPS) is 51.9. The van der Waals surface area contributed by atoms with Crippen LogP contribution in [0.25, 0.3) is 0 Å². The van der Waals surface area contributed by atoms with Gasteiger partial charge in [-0.25, -0.2) is 0 Å². The molecule has 0 aromatic heterocycles. The Hall–Kier alpha value is -1.93. The molecule has 7 aliphatic heterocycles. The maximum Gasteiger partial charge on any atom is 0.217 e. The molecule has 23 N–H and O–H groups in total. The fourth-order valence-corrected chi connectivity index (χ4v) is 10.2. The summed E-state index contributed by atoms with van der Waals surface area (Å²) in [6.07, 6.45) is -68.1. The molecular formula is C44H75NO36. The summed E-state index contributed by atoms with van der Waals surface area (Å²) < 4.78 is 73.9. The molecule has 37 nitrogen and oxygen atoms in total. The van der Waals surface area contributed by atoms with Gasteiger partial charge in [0.1, 0.15) is 171 Å². The predicted molar refractivity (Wildman–Crippen MR) is 243 cm³/mol. The minimum Gasteiger partial charge on any atom is -0.394 e. The second-order valence-electron chi connectivity index (χ2n) is 20.4. The number of nitrogens with one attached hydrogen (secondary N) is 1. The zero-order valence-corrected chi connectivity index (χ0v) is 42.7. The Balaban J connectivity index is 1.19. The highest BCUT2D eigenvalue weighted by Crippen LogP contribution is 2.37. The highest BCUT2D eigenvalue weighted by molar-refractivity contribution is 5.73. The molecule has 7 saturated heterocycles. The van der Waals surface area contributed by atoms with Crippen LogP contribution < -0.4 is 5.32 Å². The third-order valence-electron chi connectivity index (χ3n) is 14.9. The second kappa shape index (κ2) is 28.7. The van der Waals surface area contributed by atoms with E-state index < -0.39 is 267 Å². The Morgan fingerprint density at radius 3 is 1.09 bits per heavy atom. The molecule has 37 heteroatoms. The van der Waals surface area contributed by atoms with Crippen molar-refractivity contribution >= 4 is 5.91 Å². The van der Waals surface area contributed by atoms with Crippen LogP contribution in [0.3, 0.4) is 0 Å². The van der Waals surface area contributed by atoms with Crippen molar-refractivity contribution in [3.8, 4) is 0 Å². The van der Waals surface area contributed by atoms with Crippen molar-refractivity contribution in [2.24, 2.45) is 0 Å². The smallest absolute Gasteiger partial charge is 0.217 e. The lowest BCUT2D eigenvalue weighted by atomic mass is 9.95. The van der Waals surface area contributed by atoms with Gasteiger partial charge in [-0.15, -0.1) is 0 Å². The summed E-state index contributed by atoms with van der Waals surface area (Å²) in [6, 6.07) is -1.65. The number of aliphatic hydroxyl groups excluding tert-OH is 22. The number of carbonyl (C=O) groups excluding carboxylic acids is 1. The number of hydrogen-bond acceptors (Lipinski definition) is 36. The molecule has 7 aliphatic rings. The van der Waals surface area contributed by atoms with E-state index in [9.17, 15) is 117 Å². The number of amides is 1. The van der Waals surface area contributed by atoms with Gasteiger partial charge in [0.05, 0.1) is 46.2 Å². The molecule has 0 saturated carbocycles. The molecule has 7 fully saturated rings. The molecule has 0 spiro atoms. The lowest BCUT2D eigenvalue weighted by Gasteiger charge is -2.49. The molecule has 0 aromatic carbocycles. The Bertz CT molecular complexity index is 1940. The average Bonchev–Trinajstić information content (AvgIpc) is 3.62. The molecule has 0 bridgehead atoms. The fourth-order valence-electron chi connectivity index (χ4n) is 10.2. The molecule has 0 radical (unpaired) electrons. The third-order valence-corrected chi connectivity index (χ3v) is 14.9. The highest BCUT2D eigenvalue weighted by atomic mass is 16.8. The first-order chi connectivity index (χ1) is 38.3. The van der Waals surface area contributed by atoms with Crippen LogP contribution in [0.4, 0.5) is 0 Å². The number of aliphatic hydroxyl groups is 22. The summed E-state index contributed by atoms with van der Waals surface area (Å²) in [7, 11) is 0. The van der Waals surface area contributed by atoms with Crippen LogP contribution in [0, 0.1) is 0 Å². The summed E-state index contributed by atoms with van der Waals surface area (Å²) in [5.74, 6) is -0.779. The van der Waals surface area contributed by atoms with Crippen molar-refractivity contribution < 1.29 is 179 Å². The van der Waals surface area contributed by atoms with Crippen LogP contribution in [-0.2, 0) is 66.4 Å². The lowest BCUT2D eigenvalue weighted by Crippen LogP contribution is -2.68. The summed E-state index contributed by atoms with van der Waals surface area (Å²) in [5, 5.41) is 238. The Labute approximate surface area is 457 Å². The first-order valence-corrected chi connectivity index (χ1v) is 25.6. The fraction of sp³-hybridized carbons (Fsp3) is 0.977. The SMILES string of the molecule is CC(=O)NC1C(O)OC(CO)C(OC2OC(COC3OC(COC4OC(CO)C(O)C(O)C4O)C(O)C(OC4OC(CO)C(O)C(O)C4OC4OC(CO)C(O)C(O)C4O)C3O)C(O)C(OC3OC(CO)C(O)C(O)C3O)C2O)C1O. The molecule has 35 atom stereocenters. The highest BCUT2D eigenvalue weighted by Gasteiger charge is 2.58. The standard InChI is InChI=1S/C44H75NO36/c1-9(51)45-17-24(58)34(14(6-50)71-38(17)68)78-43-33(67)36(79-41-30(64)26(60)19(53)11(3-47)73-41)23(57)16(77-43)8-70-40-32(66)35(22(56)15(76-40)7-69-39-29(63)25(59)18(52)10(2-46)72-39)80-44-37(28(62)21(55)13(5-49)75-44)81-42-31(65)27(61)20(54)12(4-48)74-42/h10-44,46-50,52-68H,2-8H2,1H3,(H,45,51). The van der Waals surface area contributed by atoms with Crippen LogP contribution in [0.1, 0.15) is 6.92 Å². The van der Waals surface area contributed by atoms with Gasteiger partial charge in [0.2, 0.25) is 5.91 Å². The minimum atomic E-state index is -2.34. The van der Waals surface area contributed by atoms with E-state index in [-0.39, 0.29) is 0 Å². The van der Waals surface area contributed by atoms with Gasteiger partial charge in [-0.05, 0) is 0 Å². The van der Waals surface area contributed by atoms with Gasteiger partial charge in [-0.1, -0.05) is 0 Å². The van der Waals surface area contributed by atoms with Gasteiger partial charge in [-0.2, -0.15) is 0 Å². The van der Waals surface area contributed by atoms with Crippen molar-refractivity contribution in [2.75, 3.05) is 46.2 Å². The Morgan fingerprint density at radius 2 is 0.642 bits per heavy atom. The predicted octanol–water partition coefficient (Wildman–Crippen LogP) is -16.1. The topological polar surface area (TPSA) is 594 Å².